The van der Waals surface area contributed by atoms with Crippen LogP contribution in [0.15, 0.2) is 94.1 Å². The highest BCUT2D eigenvalue weighted by Crippen LogP contribution is 2.38. The van der Waals surface area contributed by atoms with Crippen LogP contribution in [0.25, 0.3) is 22.5 Å². The third-order valence-corrected chi connectivity index (χ3v) is 12.9. The van der Waals surface area contributed by atoms with E-state index in [1.54, 1.807) is 12.1 Å². The predicted octanol–water partition coefficient (Wildman–Crippen LogP) is 11.8. The van der Waals surface area contributed by atoms with Crippen LogP contribution in [0, 0.1) is 11.8 Å². The quantitative estimate of drug-likeness (QED) is 0.0926. The summed E-state index contributed by atoms with van der Waals surface area (Å²) in [4.78, 5) is 35.0. The number of hydrogen-bond acceptors (Lipinski definition) is 10. The molecule has 2 aromatic heterocycles. The fraction of sp³-hybridized carbons (Fsp3) is 0.220. The van der Waals surface area contributed by atoms with Crippen LogP contribution in [-0.2, 0) is 38.3 Å². The van der Waals surface area contributed by atoms with Crippen molar-refractivity contribution in [2.45, 2.75) is 19.3 Å². The van der Waals surface area contributed by atoms with Gasteiger partial charge in [0.05, 0.1) is 61.3 Å². The van der Waals surface area contributed by atoms with Gasteiger partial charge in [0, 0.05) is 29.6 Å². The number of benzene rings is 4. The van der Waals surface area contributed by atoms with E-state index in [0.717, 1.165) is 48.6 Å². The average molecular weight is 934 g/mol. The van der Waals surface area contributed by atoms with Gasteiger partial charge in [0.1, 0.15) is 0 Å². The summed E-state index contributed by atoms with van der Waals surface area (Å²) in [6.45, 7) is 0.689. The maximum atomic E-state index is 12.9. The van der Waals surface area contributed by atoms with E-state index in [4.69, 9.17) is 65.8 Å². The summed E-state index contributed by atoms with van der Waals surface area (Å²) in [5.74, 6) is -1.45. The van der Waals surface area contributed by atoms with Gasteiger partial charge in [-0.1, -0.05) is 118 Å². The number of aromatic nitrogens is 2. The van der Waals surface area contributed by atoms with Gasteiger partial charge in [0.25, 0.3) is 0 Å². The lowest BCUT2D eigenvalue weighted by Gasteiger charge is -2.16. The topological polar surface area (TPSA) is 102 Å². The first-order valence-electron chi connectivity index (χ1n) is 17.3. The van der Waals surface area contributed by atoms with Crippen molar-refractivity contribution in [2.24, 2.45) is 11.8 Å². The van der Waals surface area contributed by atoms with Crippen molar-refractivity contribution in [3.05, 3.63) is 136 Å². The molecule has 6 aromatic rings. The van der Waals surface area contributed by atoms with Gasteiger partial charge in [0.15, 0.2) is 10.3 Å². The monoisotopic (exact) mass is 930 g/mol. The molecule has 8 nitrogen and oxygen atoms in total. The van der Waals surface area contributed by atoms with Crippen molar-refractivity contribution < 1.29 is 19.1 Å². The number of anilines is 2. The van der Waals surface area contributed by atoms with Crippen molar-refractivity contribution in [2.75, 3.05) is 37.9 Å². The molecule has 0 fully saturated rings. The Kier molecular flexibility index (Phi) is 14.7. The molecular weight excluding hydrogens is 898 g/mol. The zero-order valence-corrected chi connectivity index (χ0v) is 36.3. The van der Waals surface area contributed by atoms with Crippen LogP contribution >= 0.6 is 85.0 Å². The molecule has 15 heteroatoms. The van der Waals surface area contributed by atoms with Gasteiger partial charge in [-0.15, -0.1) is 11.3 Å². The van der Waals surface area contributed by atoms with E-state index in [1.165, 1.54) is 36.9 Å². The summed E-state index contributed by atoms with van der Waals surface area (Å²) < 4.78 is 11.1. The van der Waals surface area contributed by atoms with Crippen LogP contribution in [0.3, 0.4) is 0 Å². The molecule has 0 amide bonds. The molecule has 0 aliphatic rings. The zero-order valence-electron chi connectivity index (χ0n) is 30.1. The van der Waals surface area contributed by atoms with Gasteiger partial charge in [-0.3, -0.25) is 9.59 Å². The molecule has 0 saturated heterocycles. The molecule has 0 saturated carbocycles. The smallest absolute Gasteiger partial charge is 0.310 e. The summed E-state index contributed by atoms with van der Waals surface area (Å²) in [5, 5.41) is 11.7. The average Bonchev–Trinajstić information content (AvgIpc) is 3.84. The molecule has 0 spiro atoms. The molecule has 2 heterocycles. The summed E-state index contributed by atoms with van der Waals surface area (Å²) in [6, 6.07) is 27.0. The zero-order chi connectivity index (χ0) is 39.8. The highest BCUT2D eigenvalue weighted by molar-refractivity contribution is 9.11. The summed E-state index contributed by atoms with van der Waals surface area (Å²) in [6.07, 6.45) is 1.57. The molecule has 2 unspecified atom stereocenters. The second kappa shape index (κ2) is 19.7. The first kappa shape index (κ1) is 41.9. The highest BCUT2D eigenvalue weighted by atomic mass is 79.9. The normalized spacial score (nSPS) is 12.2. The van der Waals surface area contributed by atoms with Crippen LogP contribution in [-0.4, -0.2) is 49.2 Å². The van der Waals surface area contributed by atoms with Crippen molar-refractivity contribution >= 4 is 107 Å². The van der Waals surface area contributed by atoms with Crippen LogP contribution in [0.2, 0.25) is 20.1 Å². The molecular formula is C41H35BrCl4N4O4S2. The molecule has 56 heavy (non-hydrogen) atoms. The van der Waals surface area contributed by atoms with Crippen molar-refractivity contribution in [3.63, 3.8) is 0 Å². The van der Waals surface area contributed by atoms with Gasteiger partial charge in [-0.25, -0.2) is 9.97 Å². The Hall–Kier alpha value is -3.68. The Morgan fingerprint density at radius 1 is 0.714 bits per heavy atom. The summed E-state index contributed by atoms with van der Waals surface area (Å²) in [7, 11) is 2.79. The minimum atomic E-state index is -0.461. The third kappa shape index (κ3) is 10.8. The molecule has 4 aromatic carbocycles. The number of nitrogens with zero attached hydrogens (tertiary/aromatic N) is 2. The lowest BCUT2D eigenvalue weighted by molar-refractivity contribution is -0.145. The van der Waals surface area contributed by atoms with Gasteiger partial charge in [-0.05, 0) is 81.7 Å². The standard InChI is InChI=1S/C41H35BrCl4N4O4S2/c1-53-38(51)28(15-23-6-4-3-5-7-23)20-47-40-49-35(22-55-40)30-19-34(46)33(45)18-27(30)14-24-8-10-25(11-9-24)16-29(39(52)54-2)21-48-41-50-36(37(42)56-41)26-12-13-31(43)32(44)17-26/h3-13,17-19,22,28-29H,14-16,20-21H2,1-2H3,(H,47,49)(H,48,50). The Morgan fingerprint density at radius 3 is 1.95 bits per heavy atom. The van der Waals surface area contributed by atoms with Crippen LogP contribution in [0.1, 0.15) is 22.3 Å². The fourth-order valence-corrected chi connectivity index (χ4v) is 8.95. The van der Waals surface area contributed by atoms with Crippen LogP contribution in [0.4, 0.5) is 10.3 Å². The van der Waals surface area contributed by atoms with Crippen LogP contribution < -0.4 is 10.6 Å². The first-order chi connectivity index (χ1) is 27.0. The number of ether oxygens (including phenoxy) is 2. The molecule has 2 N–H and O–H groups in total. The molecule has 0 aliphatic heterocycles. The molecule has 6 rings (SSSR count). The number of rotatable bonds is 16. The van der Waals surface area contributed by atoms with E-state index in [1.807, 2.05) is 78.2 Å². The second-order valence-corrected chi connectivity index (χ2v) is 17.6. The maximum Gasteiger partial charge on any atom is 0.310 e. The summed E-state index contributed by atoms with van der Waals surface area (Å²) >= 11 is 31.8. The van der Waals surface area contributed by atoms with Crippen molar-refractivity contribution in [1.82, 2.24) is 9.97 Å². The van der Waals surface area contributed by atoms with Crippen LogP contribution in [0.5, 0.6) is 0 Å². The molecule has 0 aliphatic carbocycles. The largest absolute Gasteiger partial charge is 0.469 e. The number of methoxy groups -OCH3 is 2. The minimum Gasteiger partial charge on any atom is -0.469 e. The number of carbonyl (C=O) groups is 2. The predicted molar refractivity (Wildman–Crippen MR) is 234 cm³/mol. The number of hydrogen-bond donors (Lipinski definition) is 2. The number of halogens is 5. The lowest BCUT2D eigenvalue weighted by atomic mass is 9.95. The number of nitrogens with one attached hydrogen (secondary N) is 2. The van der Waals surface area contributed by atoms with E-state index >= 15 is 0 Å². The van der Waals surface area contributed by atoms with Gasteiger partial charge in [0.2, 0.25) is 0 Å². The minimum absolute atomic E-state index is 0.284. The van der Waals surface area contributed by atoms with Crippen molar-refractivity contribution in [3.8, 4) is 22.5 Å². The number of carbonyl (C=O) groups excluding carboxylic acids is 2. The Bertz CT molecular complexity index is 2310. The number of esters is 2. The second-order valence-electron chi connectivity index (χ2n) is 12.8. The maximum absolute atomic E-state index is 12.9. The Morgan fingerprint density at radius 2 is 1.30 bits per heavy atom. The van der Waals surface area contributed by atoms with E-state index in [2.05, 4.69) is 26.6 Å². The highest BCUT2D eigenvalue weighted by Gasteiger charge is 2.23. The van der Waals surface area contributed by atoms with Gasteiger partial charge in [-0.2, -0.15) is 0 Å². The number of thiazole rings is 2. The molecule has 2 atom stereocenters. The van der Waals surface area contributed by atoms with E-state index < -0.39 is 5.92 Å². The molecule has 0 bridgehead atoms. The van der Waals surface area contributed by atoms with E-state index in [9.17, 15) is 9.59 Å². The van der Waals surface area contributed by atoms with Gasteiger partial charge < -0.3 is 20.1 Å². The van der Waals surface area contributed by atoms with E-state index in [0.29, 0.717) is 62.7 Å². The lowest BCUT2D eigenvalue weighted by Crippen LogP contribution is -2.26. The van der Waals surface area contributed by atoms with Gasteiger partial charge >= 0.3 is 11.9 Å². The third-order valence-electron chi connectivity index (χ3n) is 9.00. The summed E-state index contributed by atoms with van der Waals surface area (Å²) in [5.41, 5.74) is 7.16. The first-order valence-corrected chi connectivity index (χ1v) is 21.3. The van der Waals surface area contributed by atoms with E-state index in [-0.39, 0.29) is 17.9 Å². The molecule has 0 radical (unpaired) electrons. The SMILES string of the molecule is COC(=O)C(CNc1nc(-c2cc(Cl)c(Cl)cc2Cc2ccc(CC(CNc3nc(-c4ccc(Cl)c(Cl)c4)c(Br)s3)C(=O)OC)cc2)cs1)Cc1ccccc1. The van der Waals surface area contributed by atoms with Crippen molar-refractivity contribution in [1.29, 1.82) is 0 Å². The fourth-order valence-electron chi connectivity index (χ4n) is 6.08. The Balaban J connectivity index is 1.11. The Labute approximate surface area is 361 Å². The molecule has 290 valence electrons.